The van der Waals surface area contributed by atoms with Crippen LogP contribution >= 0.6 is 0 Å². The van der Waals surface area contributed by atoms with E-state index < -0.39 is 0 Å². The van der Waals surface area contributed by atoms with Crippen molar-refractivity contribution in [2.24, 2.45) is 0 Å². The Bertz CT molecular complexity index is 982. The van der Waals surface area contributed by atoms with E-state index in [-0.39, 0.29) is 17.8 Å². The number of rotatable bonds is 6. The minimum atomic E-state index is -0.232. The van der Waals surface area contributed by atoms with E-state index in [1.165, 1.54) is 17.7 Å². The summed E-state index contributed by atoms with van der Waals surface area (Å²) in [5.74, 6) is 0.699. The highest BCUT2D eigenvalue weighted by atomic mass is 19.1. The van der Waals surface area contributed by atoms with Gasteiger partial charge < -0.3 is 9.64 Å². The Morgan fingerprint density at radius 1 is 0.871 bits per heavy atom. The number of hydrogen-bond acceptors (Lipinski definition) is 3. The van der Waals surface area contributed by atoms with Crippen molar-refractivity contribution in [3.05, 3.63) is 101 Å². The van der Waals surface area contributed by atoms with Crippen LogP contribution in [0.15, 0.2) is 78.9 Å². The standard InChI is InChI=1S/C26H27FN2O2/c1-31-24-13-7-20(8-14-24)19-25(30)28-15-17-29(18-16-28)26(21-5-3-2-4-6-21)22-9-11-23(27)12-10-22/h2-14,26H,15-19H2,1H3. The highest BCUT2D eigenvalue weighted by Crippen LogP contribution is 2.29. The number of benzene rings is 3. The first kappa shape index (κ1) is 21.1. The van der Waals surface area contributed by atoms with E-state index in [4.69, 9.17) is 4.74 Å². The van der Waals surface area contributed by atoms with Crippen LogP contribution in [0.1, 0.15) is 22.7 Å². The van der Waals surface area contributed by atoms with Crippen molar-refractivity contribution in [2.75, 3.05) is 33.3 Å². The van der Waals surface area contributed by atoms with Crippen LogP contribution in [0, 0.1) is 5.82 Å². The Balaban J connectivity index is 1.43. The second kappa shape index (κ2) is 9.75. The van der Waals surface area contributed by atoms with Gasteiger partial charge in [0.15, 0.2) is 0 Å². The largest absolute Gasteiger partial charge is 0.497 e. The van der Waals surface area contributed by atoms with Gasteiger partial charge in [-0.15, -0.1) is 0 Å². The number of methoxy groups -OCH3 is 1. The van der Waals surface area contributed by atoms with Crippen LogP contribution in [0.5, 0.6) is 5.75 Å². The summed E-state index contributed by atoms with van der Waals surface area (Å²) in [6.07, 6.45) is 0.393. The van der Waals surface area contributed by atoms with Gasteiger partial charge in [-0.2, -0.15) is 0 Å². The number of nitrogens with zero attached hydrogens (tertiary/aromatic N) is 2. The predicted octanol–water partition coefficient (Wildman–Crippen LogP) is 4.31. The van der Waals surface area contributed by atoms with E-state index in [2.05, 4.69) is 17.0 Å². The lowest BCUT2D eigenvalue weighted by Crippen LogP contribution is -2.50. The third-order valence-corrected chi connectivity index (χ3v) is 5.85. The number of ether oxygens (including phenoxy) is 1. The molecule has 1 fully saturated rings. The van der Waals surface area contributed by atoms with Gasteiger partial charge in [-0.1, -0.05) is 54.6 Å². The minimum absolute atomic E-state index is 0.0423. The van der Waals surface area contributed by atoms with E-state index in [0.29, 0.717) is 19.5 Å². The molecule has 4 rings (SSSR count). The zero-order valence-corrected chi connectivity index (χ0v) is 17.7. The van der Waals surface area contributed by atoms with Gasteiger partial charge in [-0.3, -0.25) is 9.69 Å². The molecule has 0 aliphatic carbocycles. The zero-order valence-electron chi connectivity index (χ0n) is 17.7. The van der Waals surface area contributed by atoms with Crippen molar-refractivity contribution >= 4 is 5.91 Å². The van der Waals surface area contributed by atoms with E-state index in [1.807, 2.05) is 59.5 Å². The van der Waals surface area contributed by atoms with Gasteiger partial charge in [0.2, 0.25) is 5.91 Å². The molecule has 1 saturated heterocycles. The Labute approximate surface area is 182 Å². The molecule has 1 aliphatic rings. The van der Waals surface area contributed by atoms with Crippen molar-refractivity contribution in [1.29, 1.82) is 0 Å². The summed E-state index contributed by atoms with van der Waals surface area (Å²) in [5.41, 5.74) is 3.22. The summed E-state index contributed by atoms with van der Waals surface area (Å²) < 4.78 is 18.7. The maximum atomic E-state index is 13.5. The van der Waals surface area contributed by atoms with Crippen LogP contribution in [-0.4, -0.2) is 49.0 Å². The topological polar surface area (TPSA) is 32.8 Å². The molecule has 1 aliphatic heterocycles. The van der Waals surface area contributed by atoms with Gasteiger partial charge in [0.1, 0.15) is 11.6 Å². The predicted molar refractivity (Wildman–Crippen MR) is 120 cm³/mol. The molecule has 5 heteroatoms. The van der Waals surface area contributed by atoms with Crippen LogP contribution in [0.4, 0.5) is 4.39 Å². The van der Waals surface area contributed by atoms with Crippen LogP contribution in [0.3, 0.4) is 0 Å². The summed E-state index contributed by atoms with van der Waals surface area (Å²) >= 11 is 0. The van der Waals surface area contributed by atoms with Crippen molar-refractivity contribution in [3.8, 4) is 5.75 Å². The first-order valence-corrected chi connectivity index (χ1v) is 10.6. The fraction of sp³-hybridized carbons (Fsp3) is 0.269. The molecule has 0 saturated carbocycles. The molecule has 1 unspecified atom stereocenters. The first-order valence-electron chi connectivity index (χ1n) is 10.6. The second-order valence-electron chi connectivity index (χ2n) is 7.81. The molecular formula is C26H27FN2O2. The van der Waals surface area contributed by atoms with Crippen molar-refractivity contribution in [1.82, 2.24) is 9.80 Å². The molecule has 3 aromatic rings. The van der Waals surface area contributed by atoms with Crippen molar-refractivity contribution < 1.29 is 13.9 Å². The van der Waals surface area contributed by atoms with E-state index in [0.717, 1.165) is 30.0 Å². The second-order valence-corrected chi connectivity index (χ2v) is 7.81. The summed E-state index contributed by atoms with van der Waals surface area (Å²) in [7, 11) is 1.63. The summed E-state index contributed by atoms with van der Waals surface area (Å²) in [5, 5.41) is 0. The zero-order chi connectivity index (χ0) is 21.6. The lowest BCUT2D eigenvalue weighted by atomic mass is 9.96. The van der Waals surface area contributed by atoms with E-state index in [1.54, 1.807) is 7.11 Å². The highest BCUT2D eigenvalue weighted by Gasteiger charge is 2.28. The maximum absolute atomic E-state index is 13.5. The molecule has 4 nitrogen and oxygen atoms in total. The summed E-state index contributed by atoms with van der Waals surface area (Å²) in [6, 6.07) is 24.7. The van der Waals surface area contributed by atoms with Gasteiger partial charge in [0.05, 0.1) is 19.6 Å². The lowest BCUT2D eigenvalue weighted by molar-refractivity contribution is -0.132. The lowest BCUT2D eigenvalue weighted by Gasteiger charge is -2.40. The van der Waals surface area contributed by atoms with Crippen LogP contribution in [0.25, 0.3) is 0 Å². The Kier molecular flexibility index (Phi) is 6.63. The molecule has 1 amide bonds. The Morgan fingerprint density at radius 3 is 2.10 bits per heavy atom. The molecule has 31 heavy (non-hydrogen) atoms. The number of carbonyl (C=O) groups is 1. The SMILES string of the molecule is COc1ccc(CC(=O)N2CCN(C(c3ccccc3)c3ccc(F)cc3)CC2)cc1. The quantitative estimate of drug-likeness (QED) is 0.598. The third-order valence-electron chi connectivity index (χ3n) is 5.85. The molecule has 0 radical (unpaired) electrons. The maximum Gasteiger partial charge on any atom is 0.227 e. The number of hydrogen-bond donors (Lipinski definition) is 0. The Hall–Kier alpha value is -3.18. The van der Waals surface area contributed by atoms with Crippen LogP contribution in [-0.2, 0) is 11.2 Å². The van der Waals surface area contributed by atoms with Crippen molar-refractivity contribution in [2.45, 2.75) is 12.5 Å². The molecule has 0 aromatic heterocycles. The third kappa shape index (κ3) is 5.12. The Morgan fingerprint density at radius 2 is 1.48 bits per heavy atom. The molecule has 0 spiro atoms. The summed E-state index contributed by atoms with van der Waals surface area (Å²) in [6.45, 7) is 2.90. The van der Waals surface area contributed by atoms with Gasteiger partial charge in [-0.25, -0.2) is 4.39 Å². The number of halogens is 1. The fourth-order valence-corrected chi connectivity index (χ4v) is 4.15. The fourth-order valence-electron chi connectivity index (χ4n) is 4.15. The molecule has 3 aromatic carbocycles. The molecular weight excluding hydrogens is 391 g/mol. The van der Waals surface area contributed by atoms with E-state index >= 15 is 0 Å². The van der Waals surface area contributed by atoms with Gasteiger partial charge >= 0.3 is 0 Å². The van der Waals surface area contributed by atoms with Gasteiger partial charge in [0, 0.05) is 26.2 Å². The number of carbonyl (C=O) groups excluding carboxylic acids is 1. The average molecular weight is 419 g/mol. The molecule has 1 atom stereocenters. The van der Waals surface area contributed by atoms with Gasteiger partial charge in [0.25, 0.3) is 0 Å². The first-order chi connectivity index (χ1) is 15.1. The van der Waals surface area contributed by atoms with E-state index in [9.17, 15) is 9.18 Å². The average Bonchev–Trinajstić information content (AvgIpc) is 2.82. The number of amides is 1. The molecule has 1 heterocycles. The number of piperazine rings is 1. The summed E-state index contributed by atoms with van der Waals surface area (Å²) in [4.78, 5) is 17.1. The highest BCUT2D eigenvalue weighted by molar-refractivity contribution is 5.79. The van der Waals surface area contributed by atoms with Crippen LogP contribution in [0.2, 0.25) is 0 Å². The molecule has 160 valence electrons. The molecule has 0 N–H and O–H groups in total. The van der Waals surface area contributed by atoms with Crippen LogP contribution < -0.4 is 4.74 Å². The van der Waals surface area contributed by atoms with Crippen molar-refractivity contribution in [3.63, 3.8) is 0 Å². The van der Waals surface area contributed by atoms with Gasteiger partial charge in [-0.05, 0) is 41.0 Å². The normalized spacial score (nSPS) is 15.5. The minimum Gasteiger partial charge on any atom is -0.497 e. The molecule has 0 bridgehead atoms. The smallest absolute Gasteiger partial charge is 0.227 e. The monoisotopic (exact) mass is 418 g/mol.